The van der Waals surface area contributed by atoms with Gasteiger partial charge in [0.15, 0.2) is 5.76 Å². The average Bonchev–Trinajstić information content (AvgIpc) is 3.10. The van der Waals surface area contributed by atoms with Gasteiger partial charge in [0, 0.05) is 12.6 Å². The molecule has 0 bridgehead atoms. The molecule has 1 aliphatic heterocycles. The van der Waals surface area contributed by atoms with E-state index in [1.807, 2.05) is 19.9 Å². The molecular formula is C13H15BrN2O3S2. The molecule has 2 aromatic rings. The van der Waals surface area contributed by atoms with E-state index in [0.717, 1.165) is 27.9 Å². The third-order valence-corrected chi connectivity index (χ3v) is 8.07. The molecule has 3 heterocycles. The van der Waals surface area contributed by atoms with Crippen LogP contribution in [0.5, 0.6) is 0 Å². The number of sulfonamides is 1. The molecule has 0 aliphatic carbocycles. The van der Waals surface area contributed by atoms with Crippen LogP contribution < -0.4 is 0 Å². The molecule has 1 atom stereocenters. The van der Waals surface area contributed by atoms with Crippen molar-refractivity contribution in [1.29, 1.82) is 0 Å². The van der Waals surface area contributed by atoms with Crippen molar-refractivity contribution in [3.63, 3.8) is 0 Å². The Labute approximate surface area is 136 Å². The lowest BCUT2D eigenvalue weighted by atomic mass is 10.2. The summed E-state index contributed by atoms with van der Waals surface area (Å²) in [5.74, 6) is 0.626. The SMILES string of the molecule is Cc1cc(C2CCCN2S(=O)(=O)c2cc(C)c(Br)s2)on1. The van der Waals surface area contributed by atoms with Crippen molar-refractivity contribution in [2.45, 2.75) is 36.9 Å². The molecule has 2 aromatic heterocycles. The smallest absolute Gasteiger partial charge is 0.253 e. The fourth-order valence-electron chi connectivity index (χ4n) is 2.53. The molecule has 0 N–H and O–H groups in total. The van der Waals surface area contributed by atoms with Crippen LogP contribution in [-0.2, 0) is 10.0 Å². The van der Waals surface area contributed by atoms with Crippen LogP contribution in [0, 0.1) is 13.8 Å². The van der Waals surface area contributed by atoms with Gasteiger partial charge in [0.05, 0.1) is 15.5 Å². The first-order chi connectivity index (χ1) is 9.89. The Hall–Kier alpha value is -0.700. The van der Waals surface area contributed by atoms with Crippen LogP contribution in [0.1, 0.15) is 35.9 Å². The lowest BCUT2D eigenvalue weighted by molar-refractivity contribution is 0.297. The summed E-state index contributed by atoms with van der Waals surface area (Å²) < 4.78 is 33.7. The van der Waals surface area contributed by atoms with Crippen molar-refractivity contribution < 1.29 is 12.9 Å². The average molecular weight is 391 g/mol. The van der Waals surface area contributed by atoms with Crippen LogP contribution in [0.15, 0.2) is 24.7 Å². The van der Waals surface area contributed by atoms with Gasteiger partial charge in [-0.3, -0.25) is 0 Å². The zero-order chi connectivity index (χ0) is 15.2. The van der Waals surface area contributed by atoms with E-state index in [1.54, 1.807) is 6.07 Å². The summed E-state index contributed by atoms with van der Waals surface area (Å²) in [6.45, 7) is 4.24. The zero-order valence-electron chi connectivity index (χ0n) is 11.7. The molecule has 5 nitrogen and oxygen atoms in total. The predicted octanol–water partition coefficient (Wildman–Crippen LogP) is 3.64. The molecule has 0 amide bonds. The van der Waals surface area contributed by atoms with E-state index < -0.39 is 10.0 Å². The standard InChI is InChI=1S/C13H15BrN2O3S2/c1-8-6-12(20-13(8)14)21(17,18)16-5-3-4-10(16)11-7-9(2)15-19-11/h6-7,10H,3-5H2,1-2H3. The van der Waals surface area contributed by atoms with Crippen molar-refractivity contribution in [2.24, 2.45) is 0 Å². The molecule has 8 heteroatoms. The van der Waals surface area contributed by atoms with Crippen LogP contribution in [0.25, 0.3) is 0 Å². The van der Waals surface area contributed by atoms with E-state index in [1.165, 1.54) is 15.6 Å². The number of halogens is 1. The van der Waals surface area contributed by atoms with E-state index in [9.17, 15) is 8.42 Å². The van der Waals surface area contributed by atoms with Gasteiger partial charge in [-0.2, -0.15) is 4.31 Å². The molecule has 0 radical (unpaired) electrons. The second kappa shape index (κ2) is 5.49. The van der Waals surface area contributed by atoms with Gasteiger partial charge in [-0.05, 0) is 54.2 Å². The zero-order valence-corrected chi connectivity index (χ0v) is 14.9. The summed E-state index contributed by atoms with van der Waals surface area (Å²) in [5.41, 5.74) is 1.70. The molecule has 0 spiro atoms. The molecule has 114 valence electrons. The second-order valence-electron chi connectivity index (χ2n) is 5.17. The fraction of sp³-hybridized carbons (Fsp3) is 0.462. The molecule has 1 aliphatic rings. The van der Waals surface area contributed by atoms with Crippen molar-refractivity contribution in [2.75, 3.05) is 6.54 Å². The number of rotatable bonds is 3. The number of hydrogen-bond acceptors (Lipinski definition) is 5. The number of nitrogens with zero attached hydrogens (tertiary/aromatic N) is 2. The molecule has 1 unspecified atom stereocenters. The van der Waals surface area contributed by atoms with Gasteiger partial charge < -0.3 is 4.52 Å². The summed E-state index contributed by atoms with van der Waals surface area (Å²) in [7, 11) is -3.49. The summed E-state index contributed by atoms with van der Waals surface area (Å²) in [4.78, 5) is 0. The van der Waals surface area contributed by atoms with Gasteiger partial charge in [-0.1, -0.05) is 5.16 Å². The molecule has 0 saturated carbocycles. The Bertz CT molecular complexity index is 747. The minimum Gasteiger partial charge on any atom is -0.359 e. The summed E-state index contributed by atoms with van der Waals surface area (Å²) in [6.07, 6.45) is 1.59. The quantitative estimate of drug-likeness (QED) is 0.802. The molecule has 3 rings (SSSR count). The maximum absolute atomic E-state index is 12.8. The van der Waals surface area contributed by atoms with Gasteiger partial charge >= 0.3 is 0 Å². The van der Waals surface area contributed by atoms with Crippen LogP contribution in [0.4, 0.5) is 0 Å². The Kier molecular flexibility index (Phi) is 3.98. The lowest BCUT2D eigenvalue weighted by Crippen LogP contribution is -2.30. The highest BCUT2D eigenvalue weighted by Crippen LogP contribution is 2.40. The third kappa shape index (κ3) is 2.69. The predicted molar refractivity (Wildman–Crippen MR) is 83.9 cm³/mol. The maximum atomic E-state index is 12.8. The first kappa shape index (κ1) is 15.2. The summed E-state index contributed by atoms with van der Waals surface area (Å²) >= 11 is 4.64. The van der Waals surface area contributed by atoms with E-state index in [2.05, 4.69) is 21.1 Å². The number of aromatic nitrogens is 1. The van der Waals surface area contributed by atoms with Gasteiger partial charge in [-0.25, -0.2) is 8.42 Å². The third-order valence-electron chi connectivity index (χ3n) is 3.58. The van der Waals surface area contributed by atoms with Crippen LogP contribution in [-0.4, -0.2) is 24.4 Å². The molecular weight excluding hydrogens is 376 g/mol. The van der Waals surface area contributed by atoms with E-state index in [4.69, 9.17) is 4.52 Å². The normalized spacial score (nSPS) is 20.2. The van der Waals surface area contributed by atoms with E-state index in [0.29, 0.717) is 16.5 Å². The van der Waals surface area contributed by atoms with E-state index in [-0.39, 0.29) is 6.04 Å². The minimum atomic E-state index is -3.49. The second-order valence-corrected chi connectivity index (χ2v) is 9.65. The van der Waals surface area contributed by atoms with Crippen LogP contribution in [0.2, 0.25) is 0 Å². The topological polar surface area (TPSA) is 63.4 Å². The first-order valence-corrected chi connectivity index (χ1v) is 9.65. The summed E-state index contributed by atoms with van der Waals surface area (Å²) in [5, 5.41) is 3.87. The van der Waals surface area contributed by atoms with Gasteiger partial charge in [0.25, 0.3) is 10.0 Å². The number of thiophene rings is 1. The maximum Gasteiger partial charge on any atom is 0.253 e. The largest absolute Gasteiger partial charge is 0.359 e. The minimum absolute atomic E-state index is 0.252. The van der Waals surface area contributed by atoms with E-state index >= 15 is 0 Å². The van der Waals surface area contributed by atoms with Crippen molar-refractivity contribution in [3.05, 3.63) is 32.9 Å². The Balaban J connectivity index is 1.97. The Morgan fingerprint density at radius 3 is 2.76 bits per heavy atom. The monoisotopic (exact) mass is 390 g/mol. The van der Waals surface area contributed by atoms with Crippen molar-refractivity contribution in [1.82, 2.24) is 9.46 Å². The highest BCUT2D eigenvalue weighted by Gasteiger charge is 2.39. The Morgan fingerprint density at radius 2 is 2.19 bits per heavy atom. The Morgan fingerprint density at radius 1 is 1.43 bits per heavy atom. The molecule has 1 saturated heterocycles. The molecule has 0 aromatic carbocycles. The molecule has 21 heavy (non-hydrogen) atoms. The highest BCUT2D eigenvalue weighted by atomic mass is 79.9. The number of aryl methyl sites for hydroxylation is 2. The van der Waals surface area contributed by atoms with Crippen LogP contribution >= 0.6 is 27.3 Å². The summed E-state index contributed by atoms with van der Waals surface area (Å²) in [6, 6.07) is 3.27. The van der Waals surface area contributed by atoms with Crippen molar-refractivity contribution >= 4 is 37.3 Å². The first-order valence-electron chi connectivity index (χ1n) is 6.60. The van der Waals surface area contributed by atoms with Gasteiger partial charge in [0.2, 0.25) is 0 Å². The highest BCUT2D eigenvalue weighted by molar-refractivity contribution is 9.11. The van der Waals surface area contributed by atoms with Gasteiger partial charge in [-0.15, -0.1) is 11.3 Å². The van der Waals surface area contributed by atoms with Crippen molar-refractivity contribution in [3.8, 4) is 0 Å². The van der Waals surface area contributed by atoms with Crippen LogP contribution in [0.3, 0.4) is 0 Å². The molecule has 1 fully saturated rings. The number of hydrogen-bond donors (Lipinski definition) is 0. The van der Waals surface area contributed by atoms with Gasteiger partial charge in [0.1, 0.15) is 4.21 Å². The fourth-order valence-corrected chi connectivity index (χ4v) is 6.55. The lowest BCUT2D eigenvalue weighted by Gasteiger charge is -2.21.